The van der Waals surface area contributed by atoms with Gasteiger partial charge in [0.15, 0.2) is 0 Å². The van der Waals surface area contributed by atoms with E-state index >= 15 is 0 Å². The summed E-state index contributed by atoms with van der Waals surface area (Å²) in [5.41, 5.74) is 1.91. The predicted octanol–water partition coefficient (Wildman–Crippen LogP) is 3.71. The molecule has 2 atom stereocenters. The second-order valence-corrected chi connectivity index (χ2v) is 6.89. The van der Waals surface area contributed by atoms with Crippen molar-refractivity contribution in [2.75, 3.05) is 5.32 Å². The Morgan fingerprint density at radius 1 is 1.50 bits per heavy atom. The third-order valence-corrected chi connectivity index (χ3v) is 5.48. The Balaban J connectivity index is 1.86. The van der Waals surface area contributed by atoms with Crippen molar-refractivity contribution >= 4 is 11.7 Å². The number of pyridine rings is 1. The number of aromatic nitrogens is 1. The Hall–Kier alpha value is -1.64. The highest BCUT2D eigenvalue weighted by molar-refractivity contribution is 5.97. The Bertz CT molecular complexity index is 590. The summed E-state index contributed by atoms with van der Waals surface area (Å²) in [6.07, 6.45) is 4.72. The number of aryl methyl sites for hydroxylation is 1. The van der Waals surface area contributed by atoms with Crippen LogP contribution in [0.5, 0.6) is 0 Å². The van der Waals surface area contributed by atoms with Crippen molar-refractivity contribution in [3.63, 3.8) is 0 Å². The maximum absolute atomic E-state index is 12.8. The molecule has 2 fully saturated rings. The van der Waals surface area contributed by atoms with E-state index in [1.807, 2.05) is 19.1 Å². The molecule has 106 valence electrons. The van der Waals surface area contributed by atoms with E-state index in [1.165, 1.54) is 0 Å². The molecule has 1 aromatic rings. The van der Waals surface area contributed by atoms with Crippen molar-refractivity contribution in [1.82, 2.24) is 4.98 Å². The summed E-state index contributed by atoms with van der Waals surface area (Å²) in [6.45, 7) is 10.7. The summed E-state index contributed by atoms with van der Waals surface area (Å²) >= 11 is 0. The van der Waals surface area contributed by atoms with Crippen LogP contribution in [0, 0.1) is 23.7 Å². The van der Waals surface area contributed by atoms with Crippen molar-refractivity contribution < 1.29 is 4.79 Å². The van der Waals surface area contributed by atoms with Crippen LogP contribution in [0.25, 0.3) is 0 Å². The van der Waals surface area contributed by atoms with E-state index in [2.05, 4.69) is 30.7 Å². The monoisotopic (exact) mass is 270 g/mol. The first-order valence-electron chi connectivity index (χ1n) is 7.30. The first kappa shape index (κ1) is 13.3. The van der Waals surface area contributed by atoms with Gasteiger partial charge in [0, 0.05) is 6.20 Å². The zero-order valence-electron chi connectivity index (χ0n) is 12.5. The first-order chi connectivity index (χ1) is 9.36. The molecule has 0 saturated heterocycles. The summed E-state index contributed by atoms with van der Waals surface area (Å²) in [7, 11) is 0. The third kappa shape index (κ3) is 1.72. The number of hydrogen-bond acceptors (Lipinski definition) is 2. The van der Waals surface area contributed by atoms with E-state index in [1.54, 1.807) is 6.20 Å². The highest BCUT2D eigenvalue weighted by Crippen LogP contribution is 2.65. The van der Waals surface area contributed by atoms with Gasteiger partial charge in [0.2, 0.25) is 5.91 Å². The number of anilines is 1. The van der Waals surface area contributed by atoms with Gasteiger partial charge >= 0.3 is 0 Å². The normalized spacial score (nSPS) is 30.6. The van der Waals surface area contributed by atoms with Crippen LogP contribution < -0.4 is 5.32 Å². The fourth-order valence-corrected chi connectivity index (χ4v) is 3.98. The molecule has 1 amide bonds. The Kier molecular flexibility index (Phi) is 2.79. The number of hydrogen-bond donors (Lipinski definition) is 1. The SMILES string of the molecule is C=C1C(C)(C)[C@@H]2CC[C@@]1(C(=O)Nc1cc(C)ccn1)C2. The van der Waals surface area contributed by atoms with Gasteiger partial charge in [0.05, 0.1) is 5.41 Å². The molecule has 1 aromatic heterocycles. The maximum Gasteiger partial charge on any atom is 0.235 e. The van der Waals surface area contributed by atoms with Crippen LogP contribution in [0.4, 0.5) is 5.82 Å². The molecule has 1 N–H and O–H groups in total. The van der Waals surface area contributed by atoms with E-state index in [9.17, 15) is 4.79 Å². The number of rotatable bonds is 2. The molecule has 2 saturated carbocycles. The number of fused-ring (bicyclic) bond motifs is 2. The van der Waals surface area contributed by atoms with Crippen molar-refractivity contribution in [3.05, 3.63) is 36.0 Å². The quantitative estimate of drug-likeness (QED) is 0.832. The molecule has 0 aromatic carbocycles. The number of carbonyl (C=O) groups is 1. The van der Waals surface area contributed by atoms with Gasteiger partial charge in [-0.2, -0.15) is 0 Å². The Labute approximate surface area is 120 Å². The van der Waals surface area contributed by atoms with E-state index in [0.29, 0.717) is 11.7 Å². The highest BCUT2D eigenvalue weighted by atomic mass is 16.2. The highest BCUT2D eigenvalue weighted by Gasteiger charge is 2.60. The summed E-state index contributed by atoms with van der Waals surface area (Å²) in [5.74, 6) is 1.31. The van der Waals surface area contributed by atoms with E-state index < -0.39 is 0 Å². The largest absolute Gasteiger partial charge is 0.310 e. The van der Waals surface area contributed by atoms with Crippen molar-refractivity contribution in [2.45, 2.75) is 40.0 Å². The van der Waals surface area contributed by atoms with Crippen LogP contribution >= 0.6 is 0 Å². The molecule has 0 spiro atoms. The van der Waals surface area contributed by atoms with Gasteiger partial charge in [0.25, 0.3) is 0 Å². The molecule has 0 unspecified atom stereocenters. The minimum atomic E-state index is -0.375. The van der Waals surface area contributed by atoms with Crippen LogP contribution in [0.15, 0.2) is 30.5 Å². The van der Waals surface area contributed by atoms with Crippen molar-refractivity contribution in [1.29, 1.82) is 0 Å². The molecule has 3 nitrogen and oxygen atoms in total. The minimum absolute atomic E-state index is 0.0775. The van der Waals surface area contributed by atoms with Gasteiger partial charge in [-0.15, -0.1) is 0 Å². The molecule has 2 aliphatic rings. The fourth-order valence-electron chi connectivity index (χ4n) is 3.98. The molecule has 1 heterocycles. The Morgan fingerprint density at radius 3 is 2.85 bits per heavy atom. The van der Waals surface area contributed by atoms with Crippen LogP contribution in [0.2, 0.25) is 0 Å². The van der Waals surface area contributed by atoms with E-state index in [0.717, 1.165) is 30.4 Å². The lowest BCUT2D eigenvalue weighted by molar-refractivity contribution is -0.123. The van der Waals surface area contributed by atoms with E-state index in [-0.39, 0.29) is 16.7 Å². The number of amides is 1. The van der Waals surface area contributed by atoms with Gasteiger partial charge in [0.1, 0.15) is 5.82 Å². The minimum Gasteiger partial charge on any atom is -0.310 e. The van der Waals surface area contributed by atoms with Gasteiger partial charge in [-0.25, -0.2) is 4.98 Å². The summed E-state index contributed by atoms with van der Waals surface area (Å²) in [6, 6.07) is 3.83. The molecule has 3 rings (SSSR count). The van der Waals surface area contributed by atoms with Crippen LogP contribution in [-0.2, 0) is 4.79 Å². The van der Waals surface area contributed by atoms with Gasteiger partial charge in [-0.1, -0.05) is 26.0 Å². The van der Waals surface area contributed by atoms with Gasteiger partial charge in [-0.3, -0.25) is 4.79 Å². The fraction of sp³-hybridized carbons (Fsp3) is 0.529. The smallest absolute Gasteiger partial charge is 0.235 e. The molecular formula is C17H22N2O. The van der Waals surface area contributed by atoms with Gasteiger partial charge in [-0.05, 0) is 55.2 Å². The number of carbonyl (C=O) groups excluding carboxylic acids is 1. The lowest BCUT2D eigenvalue weighted by Crippen LogP contribution is -2.37. The molecule has 3 heteroatoms. The first-order valence-corrected chi connectivity index (χ1v) is 7.30. The van der Waals surface area contributed by atoms with Crippen LogP contribution in [0.1, 0.15) is 38.7 Å². The second kappa shape index (κ2) is 4.18. The zero-order valence-corrected chi connectivity index (χ0v) is 12.5. The summed E-state index contributed by atoms with van der Waals surface area (Å²) < 4.78 is 0. The standard InChI is InChI=1S/C17H22N2O/c1-11-6-8-18-14(9-11)19-15(20)17-7-5-13(10-17)16(3,4)12(17)2/h6,8-9,13H,2,5,7,10H2,1,3-4H3,(H,18,19,20)/t13-,17-/m1/s1. The van der Waals surface area contributed by atoms with Crippen LogP contribution in [0.3, 0.4) is 0 Å². The van der Waals surface area contributed by atoms with Crippen molar-refractivity contribution in [2.24, 2.45) is 16.7 Å². The van der Waals surface area contributed by atoms with Crippen LogP contribution in [-0.4, -0.2) is 10.9 Å². The third-order valence-electron chi connectivity index (χ3n) is 5.48. The molecule has 20 heavy (non-hydrogen) atoms. The zero-order chi connectivity index (χ0) is 14.5. The molecule has 2 aliphatic carbocycles. The number of nitrogens with one attached hydrogen (secondary N) is 1. The Morgan fingerprint density at radius 2 is 2.25 bits per heavy atom. The molecule has 0 aliphatic heterocycles. The summed E-state index contributed by atoms with van der Waals surface area (Å²) in [5, 5.41) is 3.00. The molecular weight excluding hydrogens is 248 g/mol. The van der Waals surface area contributed by atoms with Gasteiger partial charge < -0.3 is 5.32 Å². The van der Waals surface area contributed by atoms with Crippen molar-refractivity contribution in [3.8, 4) is 0 Å². The molecule has 2 bridgehead atoms. The average Bonchev–Trinajstić information content (AvgIpc) is 2.90. The lowest BCUT2D eigenvalue weighted by atomic mass is 9.68. The average molecular weight is 270 g/mol. The predicted molar refractivity (Wildman–Crippen MR) is 80.3 cm³/mol. The summed E-state index contributed by atoms with van der Waals surface area (Å²) in [4.78, 5) is 17.0. The second-order valence-electron chi connectivity index (χ2n) is 6.89. The van der Waals surface area contributed by atoms with E-state index in [4.69, 9.17) is 0 Å². The topological polar surface area (TPSA) is 42.0 Å². The lowest BCUT2D eigenvalue weighted by Gasteiger charge is -2.37. The number of nitrogens with zero attached hydrogens (tertiary/aromatic N) is 1. The maximum atomic E-state index is 12.8. The molecule has 0 radical (unpaired) electrons.